The molecule has 0 aromatic rings. The van der Waals surface area contributed by atoms with E-state index in [9.17, 15) is 14.7 Å². The maximum atomic E-state index is 12.8. The summed E-state index contributed by atoms with van der Waals surface area (Å²) in [6, 6.07) is 0.533. The number of amides is 2. The van der Waals surface area contributed by atoms with Crippen LogP contribution in [0.3, 0.4) is 0 Å². The molecule has 6 nitrogen and oxygen atoms in total. The lowest BCUT2D eigenvalue weighted by atomic mass is 9.86. The Bertz CT molecular complexity index is 447. The van der Waals surface area contributed by atoms with E-state index >= 15 is 0 Å². The average Bonchev–Trinajstić information content (AvgIpc) is 2.59. The fourth-order valence-corrected chi connectivity index (χ4v) is 3.90. The fraction of sp³-hybridized carbons (Fsp3) is 0.889. The normalized spacial score (nSPS) is 26.6. The Kier molecular flexibility index (Phi) is 6.63. The number of carbonyl (C=O) groups excluding carboxylic acids is 2. The summed E-state index contributed by atoms with van der Waals surface area (Å²) >= 11 is 0. The first-order valence-corrected chi connectivity index (χ1v) is 9.30. The Balaban J connectivity index is 1.87. The van der Waals surface area contributed by atoms with Crippen LogP contribution in [0, 0.1) is 5.92 Å². The predicted molar refractivity (Wildman–Crippen MR) is 93.5 cm³/mol. The van der Waals surface area contributed by atoms with Crippen molar-refractivity contribution in [2.24, 2.45) is 5.92 Å². The minimum absolute atomic E-state index is 0.0621. The molecule has 24 heavy (non-hydrogen) atoms. The largest absolute Gasteiger partial charge is 0.388 e. The van der Waals surface area contributed by atoms with Gasteiger partial charge in [0.15, 0.2) is 0 Å². The predicted octanol–water partition coefficient (Wildman–Crippen LogP) is 0.987. The zero-order chi connectivity index (χ0) is 17.7. The van der Waals surface area contributed by atoms with Crippen LogP contribution in [0.15, 0.2) is 0 Å². The van der Waals surface area contributed by atoms with Gasteiger partial charge in [0.2, 0.25) is 11.8 Å². The molecule has 2 heterocycles. The molecule has 0 saturated carbocycles. The number of likely N-dealkylation sites (tertiary alicyclic amines) is 2. The molecular weight excluding hydrogens is 306 g/mol. The van der Waals surface area contributed by atoms with Gasteiger partial charge in [-0.1, -0.05) is 0 Å². The van der Waals surface area contributed by atoms with Gasteiger partial charge in [0.25, 0.3) is 0 Å². The minimum Gasteiger partial charge on any atom is -0.388 e. The highest BCUT2D eigenvalue weighted by Crippen LogP contribution is 2.29. The van der Waals surface area contributed by atoms with Crippen molar-refractivity contribution < 1.29 is 14.7 Å². The van der Waals surface area contributed by atoms with Gasteiger partial charge in [-0.15, -0.1) is 0 Å². The molecule has 1 atom stereocenters. The molecule has 0 spiro atoms. The smallest absolute Gasteiger partial charge is 0.225 e. The SMILES string of the molecule is CNC(=O)CC[C@]1(O)CCCN(C(=O)C2CCN(C(C)C)CC2)C1. The van der Waals surface area contributed by atoms with Crippen molar-refractivity contribution in [3.05, 3.63) is 0 Å². The van der Waals surface area contributed by atoms with Crippen molar-refractivity contribution in [2.75, 3.05) is 33.2 Å². The first-order valence-electron chi connectivity index (χ1n) is 9.30. The fourth-order valence-electron chi connectivity index (χ4n) is 3.90. The molecule has 2 rings (SSSR count). The highest BCUT2D eigenvalue weighted by atomic mass is 16.3. The van der Waals surface area contributed by atoms with Crippen molar-refractivity contribution in [3.63, 3.8) is 0 Å². The molecule has 0 aliphatic carbocycles. The van der Waals surface area contributed by atoms with Crippen molar-refractivity contribution in [1.82, 2.24) is 15.1 Å². The van der Waals surface area contributed by atoms with Gasteiger partial charge in [-0.3, -0.25) is 9.59 Å². The second kappa shape index (κ2) is 8.30. The van der Waals surface area contributed by atoms with E-state index in [0.29, 0.717) is 31.8 Å². The van der Waals surface area contributed by atoms with Crippen LogP contribution in [0.2, 0.25) is 0 Å². The lowest BCUT2D eigenvalue weighted by Gasteiger charge is -2.42. The number of β-amino-alcohol motifs (C(OH)–C–C–N with tert-alkyl or cyclic N) is 1. The highest BCUT2D eigenvalue weighted by Gasteiger charge is 2.38. The van der Waals surface area contributed by atoms with Gasteiger partial charge in [-0.2, -0.15) is 0 Å². The van der Waals surface area contributed by atoms with E-state index < -0.39 is 5.60 Å². The Morgan fingerprint density at radius 3 is 2.50 bits per heavy atom. The van der Waals surface area contributed by atoms with Crippen LogP contribution in [-0.4, -0.2) is 71.6 Å². The molecule has 0 aromatic carbocycles. The summed E-state index contributed by atoms with van der Waals surface area (Å²) in [4.78, 5) is 28.5. The van der Waals surface area contributed by atoms with E-state index in [-0.39, 0.29) is 17.7 Å². The molecule has 2 amide bonds. The first-order chi connectivity index (χ1) is 11.3. The second-order valence-corrected chi connectivity index (χ2v) is 7.66. The summed E-state index contributed by atoms with van der Waals surface area (Å²) in [7, 11) is 1.60. The molecule has 0 unspecified atom stereocenters. The number of hydrogen-bond donors (Lipinski definition) is 2. The van der Waals surface area contributed by atoms with Crippen molar-refractivity contribution in [2.45, 2.75) is 64.0 Å². The Labute approximate surface area is 145 Å². The number of piperidine rings is 2. The molecule has 2 aliphatic heterocycles. The third kappa shape index (κ3) is 4.93. The third-order valence-corrected chi connectivity index (χ3v) is 5.57. The molecule has 6 heteroatoms. The van der Waals surface area contributed by atoms with E-state index in [1.54, 1.807) is 7.05 Å². The first kappa shape index (κ1) is 19.2. The van der Waals surface area contributed by atoms with E-state index in [2.05, 4.69) is 24.1 Å². The molecule has 0 aromatic heterocycles. The maximum absolute atomic E-state index is 12.8. The van der Waals surface area contributed by atoms with Crippen LogP contribution in [0.5, 0.6) is 0 Å². The Morgan fingerprint density at radius 2 is 1.92 bits per heavy atom. The lowest BCUT2D eigenvalue weighted by Crippen LogP contribution is -2.53. The van der Waals surface area contributed by atoms with Gasteiger partial charge >= 0.3 is 0 Å². The number of carbonyl (C=O) groups is 2. The van der Waals surface area contributed by atoms with Crippen LogP contribution in [0.4, 0.5) is 0 Å². The lowest BCUT2D eigenvalue weighted by molar-refractivity contribution is -0.145. The third-order valence-electron chi connectivity index (χ3n) is 5.57. The number of nitrogens with one attached hydrogen (secondary N) is 1. The van der Waals surface area contributed by atoms with Gasteiger partial charge in [-0.05, 0) is 59.0 Å². The van der Waals surface area contributed by atoms with Crippen LogP contribution in [0.1, 0.15) is 52.4 Å². The molecule has 2 N–H and O–H groups in total. The molecule has 138 valence electrons. The van der Waals surface area contributed by atoms with Gasteiger partial charge in [0, 0.05) is 38.5 Å². The highest BCUT2D eigenvalue weighted by molar-refractivity contribution is 5.79. The summed E-state index contributed by atoms with van der Waals surface area (Å²) in [5.74, 6) is 0.214. The number of aliphatic hydroxyl groups is 1. The zero-order valence-corrected chi connectivity index (χ0v) is 15.4. The van der Waals surface area contributed by atoms with Crippen LogP contribution < -0.4 is 5.32 Å². The van der Waals surface area contributed by atoms with Gasteiger partial charge in [0.1, 0.15) is 0 Å². The molecule has 2 saturated heterocycles. The summed E-state index contributed by atoms with van der Waals surface area (Å²) in [6.07, 6.45) is 4.01. The quantitative estimate of drug-likeness (QED) is 0.783. The van der Waals surface area contributed by atoms with E-state index in [1.165, 1.54) is 0 Å². The standard InChI is InChI=1S/C18H33N3O3/c1-14(2)20-11-6-15(7-12-20)17(23)21-10-4-8-18(24,13-21)9-5-16(22)19-3/h14-15,24H,4-13H2,1-3H3,(H,19,22)/t18-/m1/s1. The van der Waals surface area contributed by atoms with Crippen LogP contribution in [0.25, 0.3) is 0 Å². The molecule has 2 aliphatic rings. The summed E-state index contributed by atoms with van der Waals surface area (Å²) in [5, 5.41) is 13.4. The van der Waals surface area contributed by atoms with Crippen LogP contribution >= 0.6 is 0 Å². The topological polar surface area (TPSA) is 72.9 Å². The summed E-state index contributed by atoms with van der Waals surface area (Å²) < 4.78 is 0. The van der Waals surface area contributed by atoms with Gasteiger partial charge in [-0.25, -0.2) is 0 Å². The van der Waals surface area contributed by atoms with Gasteiger partial charge in [0.05, 0.1) is 5.60 Å². The average molecular weight is 339 g/mol. The molecule has 2 fully saturated rings. The van der Waals surface area contributed by atoms with Crippen LogP contribution in [-0.2, 0) is 9.59 Å². The van der Waals surface area contributed by atoms with Crippen molar-refractivity contribution >= 4 is 11.8 Å². The number of hydrogen-bond acceptors (Lipinski definition) is 4. The summed E-state index contributed by atoms with van der Waals surface area (Å²) in [5.41, 5.74) is -0.918. The maximum Gasteiger partial charge on any atom is 0.225 e. The van der Waals surface area contributed by atoms with E-state index in [4.69, 9.17) is 0 Å². The monoisotopic (exact) mass is 339 g/mol. The summed E-state index contributed by atoms with van der Waals surface area (Å²) in [6.45, 7) is 7.43. The Hall–Kier alpha value is -1.14. The number of nitrogens with zero attached hydrogens (tertiary/aromatic N) is 2. The minimum atomic E-state index is -0.918. The molecule has 0 bridgehead atoms. The number of rotatable bonds is 5. The van der Waals surface area contributed by atoms with E-state index in [0.717, 1.165) is 38.9 Å². The second-order valence-electron chi connectivity index (χ2n) is 7.66. The van der Waals surface area contributed by atoms with E-state index in [1.807, 2.05) is 4.90 Å². The molecule has 0 radical (unpaired) electrons. The van der Waals surface area contributed by atoms with Crippen molar-refractivity contribution in [3.8, 4) is 0 Å². The molecular formula is C18H33N3O3. The zero-order valence-electron chi connectivity index (χ0n) is 15.4. The van der Waals surface area contributed by atoms with Crippen molar-refractivity contribution in [1.29, 1.82) is 0 Å². The van der Waals surface area contributed by atoms with Gasteiger partial charge < -0.3 is 20.2 Å². The Morgan fingerprint density at radius 1 is 1.25 bits per heavy atom.